The van der Waals surface area contributed by atoms with E-state index in [0.29, 0.717) is 6.54 Å². The molecule has 1 aliphatic rings. The first-order chi connectivity index (χ1) is 16.6. The summed E-state index contributed by atoms with van der Waals surface area (Å²) in [5.74, 6) is -3.65. The fourth-order valence-corrected chi connectivity index (χ4v) is 4.31. The lowest BCUT2D eigenvalue weighted by atomic mass is 10.0. The summed E-state index contributed by atoms with van der Waals surface area (Å²) in [7, 11) is 2.84. The van der Waals surface area contributed by atoms with E-state index in [1.165, 1.54) is 27.0 Å². The van der Waals surface area contributed by atoms with Gasteiger partial charge >= 0.3 is 17.9 Å². The molecule has 2 atom stereocenters. The van der Waals surface area contributed by atoms with Crippen LogP contribution in [0, 0.1) is 6.92 Å². The van der Waals surface area contributed by atoms with Crippen LogP contribution in [0.25, 0.3) is 0 Å². The predicted molar refractivity (Wildman–Crippen MR) is 125 cm³/mol. The molecule has 0 aromatic heterocycles. The van der Waals surface area contributed by atoms with Crippen LogP contribution in [0.1, 0.15) is 34.8 Å². The number of carbonyl (C=O) groups is 5. The molecule has 1 aliphatic heterocycles. The Labute approximate surface area is 206 Å². The summed E-state index contributed by atoms with van der Waals surface area (Å²) in [6.07, 6.45) is 0.0616. The molecule has 0 spiro atoms. The molecule has 1 aromatic rings. The van der Waals surface area contributed by atoms with E-state index in [0.717, 1.165) is 11.8 Å². The van der Waals surface area contributed by atoms with Gasteiger partial charge < -0.3 is 35.3 Å². The zero-order valence-electron chi connectivity index (χ0n) is 19.9. The van der Waals surface area contributed by atoms with Crippen molar-refractivity contribution in [1.82, 2.24) is 16.0 Å². The summed E-state index contributed by atoms with van der Waals surface area (Å²) >= 11 is 1.16. The van der Waals surface area contributed by atoms with Crippen molar-refractivity contribution in [3.05, 3.63) is 22.8 Å². The highest BCUT2D eigenvalue weighted by Gasteiger charge is 2.31. The summed E-state index contributed by atoms with van der Waals surface area (Å²) in [5, 5.41) is 18.2. The Bertz CT molecular complexity index is 999. The Kier molecular flexibility index (Phi) is 10.3. The van der Waals surface area contributed by atoms with Gasteiger partial charge in [-0.2, -0.15) is 11.8 Å². The van der Waals surface area contributed by atoms with Gasteiger partial charge in [0.2, 0.25) is 11.8 Å². The van der Waals surface area contributed by atoms with E-state index in [1.807, 2.05) is 0 Å². The number of cyclic esters (lactones) is 1. The lowest BCUT2D eigenvalue weighted by molar-refractivity contribution is -0.144. The van der Waals surface area contributed by atoms with Crippen molar-refractivity contribution in [3.63, 3.8) is 0 Å². The number of hydrogen-bond donors (Lipinski definition) is 4. The molecule has 0 fully saturated rings. The van der Waals surface area contributed by atoms with Crippen molar-refractivity contribution in [2.75, 3.05) is 33.1 Å². The summed E-state index contributed by atoms with van der Waals surface area (Å²) in [6, 6.07) is -1.14. The molecule has 2 rings (SSSR count). The lowest BCUT2D eigenvalue weighted by Gasteiger charge is -2.24. The third kappa shape index (κ3) is 7.59. The summed E-state index contributed by atoms with van der Waals surface area (Å²) < 4.78 is 15.3. The normalized spacial score (nSPS) is 18.6. The number of amides is 2. The number of esters is 3. The monoisotopic (exact) mass is 511 g/mol. The van der Waals surface area contributed by atoms with Gasteiger partial charge in [-0.05, 0) is 14.0 Å². The average Bonchev–Trinajstić information content (AvgIpc) is 2.80. The SMILES string of the molecule is CNCCC(=O)N[C@H]1COC(=O)c2c(C)c(O)cc(OC(C)=O)c2CSC[C@@H](C(=O)OC)NC1=O. The van der Waals surface area contributed by atoms with Gasteiger partial charge in [-0.3, -0.25) is 14.4 Å². The zero-order valence-corrected chi connectivity index (χ0v) is 20.7. The number of rotatable bonds is 6. The molecule has 13 heteroatoms. The number of thioether (sulfide) groups is 1. The first-order valence-electron chi connectivity index (χ1n) is 10.7. The van der Waals surface area contributed by atoms with Gasteiger partial charge in [-0.1, -0.05) is 0 Å². The Balaban J connectivity index is 2.49. The highest BCUT2D eigenvalue weighted by atomic mass is 32.2. The minimum absolute atomic E-state index is 0.0346. The van der Waals surface area contributed by atoms with Gasteiger partial charge in [-0.25, -0.2) is 9.59 Å². The smallest absolute Gasteiger partial charge is 0.339 e. The fourth-order valence-electron chi connectivity index (χ4n) is 3.24. The number of fused-ring (bicyclic) bond motifs is 1. The summed E-state index contributed by atoms with van der Waals surface area (Å²) in [4.78, 5) is 62.0. The number of ether oxygens (including phenoxy) is 3. The second-order valence-electron chi connectivity index (χ2n) is 7.64. The summed E-state index contributed by atoms with van der Waals surface area (Å²) in [5.41, 5.74) is 0.419. The van der Waals surface area contributed by atoms with Gasteiger partial charge in [0.15, 0.2) is 0 Å². The highest BCUT2D eigenvalue weighted by molar-refractivity contribution is 7.98. The van der Waals surface area contributed by atoms with Gasteiger partial charge in [0.1, 0.15) is 30.2 Å². The van der Waals surface area contributed by atoms with Crippen molar-refractivity contribution in [2.45, 2.75) is 38.1 Å². The molecule has 2 amide bonds. The molecule has 0 saturated heterocycles. The Morgan fingerprint density at radius 3 is 2.66 bits per heavy atom. The molecule has 192 valence electrons. The lowest BCUT2D eigenvalue weighted by Crippen LogP contribution is -2.54. The van der Waals surface area contributed by atoms with Gasteiger partial charge in [0, 0.05) is 48.6 Å². The van der Waals surface area contributed by atoms with Gasteiger partial charge in [-0.15, -0.1) is 0 Å². The molecular weight excluding hydrogens is 482 g/mol. The molecule has 0 bridgehead atoms. The zero-order chi connectivity index (χ0) is 26.1. The van der Waals surface area contributed by atoms with E-state index < -0.39 is 48.4 Å². The minimum Gasteiger partial charge on any atom is -0.508 e. The van der Waals surface area contributed by atoms with Crippen LogP contribution in [0.15, 0.2) is 6.07 Å². The van der Waals surface area contributed by atoms with Gasteiger partial charge in [0.05, 0.1) is 12.7 Å². The topological polar surface area (TPSA) is 169 Å². The van der Waals surface area contributed by atoms with E-state index in [1.54, 1.807) is 7.05 Å². The molecule has 4 N–H and O–H groups in total. The van der Waals surface area contributed by atoms with Gasteiger partial charge in [0.25, 0.3) is 0 Å². The first kappa shape index (κ1) is 27.9. The minimum atomic E-state index is -1.30. The Morgan fingerprint density at radius 1 is 1.31 bits per heavy atom. The van der Waals surface area contributed by atoms with E-state index in [4.69, 9.17) is 14.2 Å². The van der Waals surface area contributed by atoms with Crippen LogP contribution in [0.2, 0.25) is 0 Å². The Hall–Kier alpha value is -3.32. The van der Waals surface area contributed by atoms with Crippen molar-refractivity contribution >= 4 is 41.5 Å². The van der Waals surface area contributed by atoms with Crippen LogP contribution in [0.4, 0.5) is 0 Å². The Morgan fingerprint density at radius 2 is 2.03 bits per heavy atom. The number of carbonyl (C=O) groups excluding carboxylic acids is 5. The largest absolute Gasteiger partial charge is 0.508 e. The van der Waals surface area contributed by atoms with Crippen molar-refractivity contribution in [1.29, 1.82) is 0 Å². The first-order valence-corrected chi connectivity index (χ1v) is 11.8. The number of hydrogen-bond acceptors (Lipinski definition) is 11. The standard InChI is InChI=1S/C22H29N3O9S/c1-11-16(27)7-17(34-12(2)26)13-9-35-10-15(21(30)32-4)25-20(29)14(8-33-22(31)19(11)13)24-18(28)5-6-23-3/h7,14-15,23,27H,5-6,8-10H2,1-4H3,(H,24,28)(H,25,29)/t14-,15-/m0/s1. The third-order valence-electron chi connectivity index (χ3n) is 5.05. The molecule has 12 nitrogen and oxygen atoms in total. The van der Waals surface area contributed by atoms with Crippen LogP contribution in [0.5, 0.6) is 11.5 Å². The van der Waals surface area contributed by atoms with E-state index in [-0.39, 0.29) is 46.1 Å². The fraction of sp³-hybridized carbons (Fsp3) is 0.500. The number of nitrogens with one attached hydrogen (secondary N) is 3. The molecule has 35 heavy (non-hydrogen) atoms. The molecule has 0 unspecified atom stereocenters. The average molecular weight is 512 g/mol. The van der Waals surface area contributed by atoms with Crippen molar-refractivity contribution in [2.24, 2.45) is 0 Å². The van der Waals surface area contributed by atoms with Crippen molar-refractivity contribution in [3.8, 4) is 11.5 Å². The van der Waals surface area contributed by atoms with E-state index >= 15 is 0 Å². The quantitative estimate of drug-likeness (QED) is 0.294. The second-order valence-corrected chi connectivity index (χ2v) is 8.67. The number of phenols is 1. The van der Waals surface area contributed by atoms with Crippen LogP contribution in [-0.4, -0.2) is 80.0 Å². The highest BCUT2D eigenvalue weighted by Crippen LogP contribution is 2.36. The molecule has 1 heterocycles. The number of benzene rings is 1. The second kappa shape index (κ2) is 13.0. The van der Waals surface area contributed by atoms with E-state index in [9.17, 15) is 29.1 Å². The summed E-state index contributed by atoms with van der Waals surface area (Å²) in [6.45, 7) is 2.47. The number of phenolic OH excluding ortho intramolecular Hbond substituents is 1. The van der Waals surface area contributed by atoms with Crippen LogP contribution < -0.4 is 20.7 Å². The molecular formula is C22H29N3O9S. The molecule has 0 aliphatic carbocycles. The predicted octanol–water partition coefficient (Wildman–Crippen LogP) is -0.218. The third-order valence-corrected chi connectivity index (χ3v) is 6.11. The molecule has 0 radical (unpaired) electrons. The van der Waals surface area contributed by atoms with Crippen molar-refractivity contribution < 1.29 is 43.3 Å². The van der Waals surface area contributed by atoms with Crippen LogP contribution in [0.3, 0.4) is 0 Å². The molecule has 0 saturated carbocycles. The maximum atomic E-state index is 13.0. The van der Waals surface area contributed by atoms with Crippen LogP contribution in [-0.2, 0) is 34.4 Å². The number of methoxy groups -OCH3 is 1. The maximum absolute atomic E-state index is 13.0. The van der Waals surface area contributed by atoms with E-state index in [2.05, 4.69) is 16.0 Å². The van der Waals surface area contributed by atoms with Crippen LogP contribution >= 0.6 is 11.8 Å². The molecule has 1 aromatic carbocycles. The number of aromatic hydroxyl groups is 1. The maximum Gasteiger partial charge on any atom is 0.339 e.